The van der Waals surface area contributed by atoms with Crippen molar-refractivity contribution in [2.24, 2.45) is 0 Å². The third-order valence-electron chi connectivity index (χ3n) is 3.85. The number of ketones is 1. The van der Waals surface area contributed by atoms with Gasteiger partial charge in [0.25, 0.3) is 0 Å². The maximum atomic E-state index is 13.4. The van der Waals surface area contributed by atoms with Crippen LogP contribution in [-0.4, -0.2) is 20.5 Å². The van der Waals surface area contributed by atoms with E-state index in [0.29, 0.717) is 16.7 Å². The van der Waals surface area contributed by atoms with Crippen LogP contribution in [0.5, 0.6) is 0 Å². The molecule has 0 heterocycles. The van der Waals surface area contributed by atoms with Gasteiger partial charge >= 0.3 is 0 Å². The van der Waals surface area contributed by atoms with Crippen LogP contribution in [-0.2, 0) is 9.84 Å². The molecule has 3 rings (SSSR count). The van der Waals surface area contributed by atoms with Crippen LogP contribution in [0.4, 0.5) is 4.39 Å². The second kappa shape index (κ2) is 6.61. The van der Waals surface area contributed by atoms with E-state index in [2.05, 4.69) is 0 Å². The molecule has 25 heavy (non-hydrogen) atoms. The zero-order chi connectivity index (χ0) is 18.0. The zero-order valence-electron chi connectivity index (χ0n) is 13.4. The molecular formula is C20H15FO3S. The molecule has 0 aliphatic rings. The number of carbonyl (C=O) groups excluding carboxylic acids is 1. The van der Waals surface area contributed by atoms with E-state index in [9.17, 15) is 17.6 Å². The Bertz CT molecular complexity index is 1040. The molecule has 0 aliphatic carbocycles. The monoisotopic (exact) mass is 354 g/mol. The lowest BCUT2D eigenvalue weighted by molar-refractivity contribution is 0.103. The minimum absolute atomic E-state index is 0.213. The van der Waals surface area contributed by atoms with Crippen molar-refractivity contribution in [3.05, 3.63) is 89.7 Å². The number of hydrogen-bond donors (Lipinski definition) is 0. The van der Waals surface area contributed by atoms with E-state index in [1.807, 2.05) is 0 Å². The van der Waals surface area contributed by atoms with Crippen LogP contribution in [0.1, 0.15) is 15.9 Å². The van der Waals surface area contributed by atoms with Gasteiger partial charge < -0.3 is 0 Å². The van der Waals surface area contributed by atoms with Crippen molar-refractivity contribution in [2.75, 3.05) is 6.26 Å². The summed E-state index contributed by atoms with van der Waals surface area (Å²) >= 11 is 0. The number of sulfone groups is 1. The predicted molar refractivity (Wildman–Crippen MR) is 94.8 cm³/mol. The van der Waals surface area contributed by atoms with Gasteiger partial charge in [0.05, 0.1) is 4.90 Å². The van der Waals surface area contributed by atoms with Gasteiger partial charge in [-0.05, 0) is 35.4 Å². The highest BCUT2D eigenvalue weighted by Gasteiger charge is 2.15. The molecule has 3 aromatic rings. The highest BCUT2D eigenvalue weighted by molar-refractivity contribution is 7.90. The molecule has 0 N–H and O–H groups in total. The average molecular weight is 354 g/mol. The molecule has 3 aromatic carbocycles. The second-order valence-electron chi connectivity index (χ2n) is 5.68. The number of rotatable bonds is 4. The average Bonchev–Trinajstić information content (AvgIpc) is 2.60. The maximum Gasteiger partial charge on any atom is 0.193 e. The van der Waals surface area contributed by atoms with Gasteiger partial charge in [-0.15, -0.1) is 0 Å². The van der Waals surface area contributed by atoms with E-state index < -0.39 is 15.7 Å². The van der Waals surface area contributed by atoms with E-state index in [1.165, 1.54) is 30.3 Å². The fourth-order valence-electron chi connectivity index (χ4n) is 2.60. The Morgan fingerprint density at radius 3 is 2.20 bits per heavy atom. The lowest BCUT2D eigenvalue weighted by Gasteiger charge is -2.10. The SMILES string of the molecule is CS(=O)(=O)c1ccc(-c2ccccc2C(=O)c2cccc(F)c2)cc1. The van der Waals surface area contributed by atoms with Crippen LogP contribution in [0, 0.1) is 5.82 Å². The van der Waals surface area contributed by atoms with Crippen molar-refractivity contribution in [1.82, 2.24) is 0 Å². The highest BCUT2D eigenvalue weighted by atomic mass is 32.2. The zero-order valence-corrected chi connectivity index (χ0v) is 14.3. The number of halogens is 1. The van der Waals surface area contributed by atoms with E-state index in [1.54, 1.807) is 42.5 Å². The molecule has 0 radical (unpaired) electrons. The predicted octanol–water partition coefficient (Wildman–Crippen LogP) is 4.13. The summed E-state index contributed by atoms with van der Waals surface area (Å²) in [5.41, 5.74) is 2.07. The van der Waals surface area contributed by atoms with E-state index in [-0.39, 0.29) is 16.2 Å². The van der Waals surface area contributed by atoms with Gasteiger partial charge in [-0.2, -0.15) is 0 Å². The van der Waals surface area contributed by atoms with Gasteiger partial charge in [0.2, 0.25) is 0 Å². The Balaban J connectivity index is 2.06. The van der Waals surface area contributed by atoms with Gasteiger partial charge in [-0.25, -0.2) is 12.8 Å². The Hall–Kier alpha value is -2.79. The van der Waals surface area contributed by atoms with Gasteiger partial charge in [0.1, 0.15) is 5.82 Å². The lowest BCUT2D eigenvalue weighted by atomic mass is 9.94. The van der Waals surface area contributed by atoms with Crippen LogP contribution in [0.3, 0.4) is 0 Å². The Kier molecular flexibility index (Phi) is 4.51. The minimum Gasteiger partial charge on any atom is -0.289 e. The fourth-order valence-corrected chi connectivity index (χ4v) is 3.23. The molecule has 0 aliphatic heterocycles. The van der Waals surface area contributed by atoms with Crippen LogP contribution in [0.15, 0.2) is 77.7 Å². The van der Waals surface area contributed by atoms with Crippen molar-refractivity contribution in [3.63, 3.8) is 0 Å². The van der Waals surface area contributed by atoms with Crippen LogP contribution >= 0.6 is 0 Å². The molecular weight excluding hydrogens is 339 g/mol. The molecule has 0 bridgehead atoms. The molecule has 0 unspecified atom stereocenters. The van der Waals surface area contributed by atoms with Gasteiger partial charge in [-0.1, -0.05) is 48.5 Å². The molecule has 0 aromatic heterocycles. The summed E-state index contributed by atoms with van der Waals surface area (Å²) in [6.07, 6.45) is 1.14. The number of hydrogen-bond acceptors (Lipinski definition) is 3. The normalized spacial score (nSPS) is 11.3. The molecule has 0 spiro atoms. The number of benzene rings is 3. The van der Waals surface area contributed by atoms with Crippen LogP contribution in [0.2, 0.25) is 0 Å². The van der Waals surface area contributed by atoms with Gasteiger partial charge in [-0.3, -0.25) is 4.79 Å². The first-order valence-corrected chi connectivity index (χ1v) is 9.45. The second-order valence-corrected chi connectivity index (χ2v) is 7.70. The molecule has 0 fully saturated rings. The van der Waals surface area contributed by atoms with Gasteiger partial charge in [0.15, 0.2) is 15.6 Å². The highest BCUT2D eigenvalue weighted by Crippen LogP contribution is 2.27. The summed E-state index contributed by atoms with van der Waals surface area (Å²) in [6.45, 7) is 0. The molecule has 5 heteroatoms. The number of carbonyl (C=O) groups is 1. The Morgan fingerprint density at radius 2 is 1.56 bits per heavy atom. The van der Waals surface area contributed by atoms with Crippen LogP contribution < -0.4 is 0 Å². The smallest absolute Gasteiger partial charge is 0.193 e. The Labute approximate surface area is 145 Å². The first-order valence-electron chi connectivity index (χ1n) is 7.56. The Morgan fingerprint density at radius 1 is 0.880 bits per heavy atom. The lowest BCUT2D eigenvalue weighted by Crippen LogP contribution is -2.04. The topological polar surface area (TPSA) is 51.2 Å². The molecule has 126 valence electrons. The third kappa shape index (κ3) is 3.67. The van der Waals surface area contributed by atoms with E-state index >= 15 is 0 Å². The van der Waals surface area contributed by atoms with Crippen molar-refractivity contribution < 1.29 is 17.6 Å². The van der Waals surface area contributed by atoms with Crippen molar-refractivity contribution in [3.8, 4) is 11.1 Å². The third-order valence-corrected chi connectivity index (χ3v) is 4.98. The van der Waals surface area contributed by atoms with E-state index in [4.69, 9.17) is 0 Å². The maximum absolute atomic E-state index is 13.4. The molecule has 3 nitrogen and oxygen atoms in total. The van der Waals surface area contributed by atoms with Gasteiger partial charge in [0, 0.05) is 17.4 Å². The summed E-state index contributed by atoms with van der Waals surface area (Å²) in [5, 5.41) is 0. The largest absolute Gasteiger partial charge is 0.289 e. The fraction of sp³-hybridized carbons (Fsp3) is 0.0500. The van der Waals surface area contributed by atoms with Crippen molar-refractivity contribution in [1.29, 1.82) is 0 Å². The summed E-state index contributed by atoms with van der Waals surface area (Å²) in [4.78, 5) is 13.0. The first-order chi connectivity index (χ1) is 11.9. The van der Waals surface area contributed by atoms with Crippen molar-refractivity contribution in [2.45, 2.75) is 4.90 Å². The molecule has 0 saturated heterocycles. The first kappa shape index (κ1) is 17.0. The molecule has 0 saturated carbocycles. The van der Waals surface area contributed by atoms with Crippen molar-refractivity contribution >= 4 is 15.6 Å². The molecule has 0 amide bonds. The summed E-state index contributed by atoms with van der Waals surface area (Å²) < 4.78 is 36.6. The summed E-state index contributed by atoms with van der Waals surface area (Å²) in [6, 6.07) is 18.9. The van der Waals surface area contributed by atoms with Crippen LogP contribution in [0.25, 0.3) is 11.1 Å². The van der Waals surface area contributed by atoms with E-state index in [0.717, 1.165) is 6.26 Å². The minimum atomic E-state index is -3.28. The summed E-state index contributed by atoms with van der Waals surface area (Å²) in [7, 11) is -3.28. The standard InChI is InChI=1S/C20H15FO3S/c1-25(23,24)17-11-9-14(10-12-17)18-7-2-3-8-19(18)20(22)15-5-4-6-16(21)13-15/h2-13H,1H3. The summed E-state index contributed by atoms with van der Waals surface area (Å²) in [5.74, 6) is -0.761. The quantitative estimate of drug-likeness (QED) is 0.662. The molecule has 0 atom stereocenters.